The smallest absolute Gasteiger partial charge is 0.416 e. The lowest BCUT2D eigenvalue weighted by atomic mass is 9.75. The van der Waals surface area contributed by atoms with E-state index in [0.717, 1.165) is 50.1 Å². The number of benzene rings is 1. The van der Waals surface area contributed by atoms with Crippen LogP contribution in [-0.4, -0.2) is 39.7 Å². The number of halogens is 3. The Balaban J connectivity index is 1.54. The zero-order valence-corrected chi connectivity index (χ0v) is 12.4. The molecule has 0 N–H and O–H groups in total. The molecule has 1 aromatic carbocycles. The molecule has 1 aromatic heterocycles. The first-order valence-electron chi connectivity index (χ1n) is 7.93. The number of alkyl halides is 3. The SMILES string of the molecule is FC(F)(F)c1ccc2c(c1)nc1n2C[C@@]2(CN3CCC2CC3)O1. The van der Waals surface area contributed by atoms with Crippen molar-refractivity contribution >= 4 is 11.0 Å². The van der Waals surface area contributed by atoms with Gasteiger partial charge in [0.1, 0.15) is 5.60 Å². The maximum Gasteiger partial charge on any atom is 0.416 e. The molecule has 1 spiro atoms. The van der Waals surface area contributed by atoms with Crippen LogP contribution < -0.4 is 4.74 Å². The van der Waals surface area contributed by atoms with Crippen molar-refractivity contribution < 1.29 is 17.9 Å². The second-order valence-corrected chi connectivity index (χ2v) is 6.90. The van der Waals surface area contributed by atoms with Gasteiger partial charge in [0.25, 0.3) is 6.01 Å². The predicted molar refractivity (Wildman–Crippen MR) is 77.3 cm³/mol. The highest BCUT2D eigenvalue weighted by Crippen LogP contribution is 2.45. The van der Waals surface area contributed by atoms with E-state index in [1.54, 1.807) is 0 Å². The van der Waals surface area contributed by atoms with Gasteiger partial charge >= 0.3 is 6.18 Å². The molecular weight excluding hydrogens is 307 g/mol. The molecule has 23 heavy (non-hydrogen) atoms. The van der Waals surface area contributed by atoms with Gasteiger partial charge in [-0.05, 0) is 44.1 Å². The number of hydrogen-bond acceptors (Lipinski definition) is 3. The fourth-order valence-corrected chi connectivity index (χ4v) is 4.42. The van der Waals surface area contributed by atoms with Crippen molar-refractivity contribution in [2.75, 3.05) is 19.6 Å². The van der Waals surface area contributed by atoms with Crippen LogP contribution in [0.2, 0.25) is 0 Å². The van der Waals surface area contributed by atoms with E-state index in [2.05, 4.69) is 9.88 Å². The maximum atomic E-state index is 12.8. The minimum absolute atomic E-state index is 0.240. The van der Waals surface area contributed by atoms with Gasteiger partial charge in [-0.3, -0.25) is 9.47 Å². The van der Waals surface area contributed by atoms with Crippen molar-refractivity contribution in [3.8, 4) is 6.01 Å². The molecule has 5 heterocycles. The van der Waals surface area contributed by atoms with Gasteiger partial charge in [-0.25, -0.2) is 0 Å². The molecular formula is C16H16F3N3O. The third-order valence-electron chi connectivity index (χ3n) is 5.58. The molecule has 0 radical (unpaired) electrons. The number of ether oxygens (including phenoxy) is 1. The van der Waals surface area contributed by atoms with Gasteiger partial charge in [0.05, 0.1) is 23.1 Å². The molecule has 0 amide bonds. The summed E-state index contributed by atoms with van der Waals surface area (Å²) >= 11 is 0. The van der Waals surface area contributed by atoms with Gasteiger partial charge < -0.3 is 4.74 Å². The number of rotatable bonds is 0. The van der Waals surface area contributed by atoms with Crippen molar-refractivity contribution in [1.82, 2.24) is 14.5 Å². The van der Waals surface area contributed by atoms with E-state index in [1.165, 1.54) is 6.07 Å². The highest BCUT2D eigenvalue weighted by atomic mass is 19.4. The summed E-state index contributed by atoms with van der Waals surface area (Å²) in [6, 6.07) is 4.21. The van der Waals surface area contributed by atoms with Crippen LogP contribution in [0.5, 0.6) is 6.01 Å². The van der Waals surface area contributed by atoms with E-state index in [0.29, 0.717) is 24.0 Å². The van der Waals surface area contributed by atoms with Crippen LogP contribution in [0.25, 0.3) is 11.0 Å². The highest BCUT2D eigenvalue weighted by molar-refractivity contribution is 5.78. The molecule has 4 aliphatic heterocycles. The van der Waals surface area contributed by atoms with E-state index in [1.807, 2.05) is 4.57 Å². The van der Waals surface area contributed by atoms with Crippen molar-refractivity contribution in [2.45, 2.75) is 31.2 Å². The second-order valence-electron chi connectivity index (χ2n) is 6.90. The Labute approximate surface area is 130 Å². The van der Waals surface area contributed by atoms with Crippen LogP contribution in [0, 0.1) is 5.92 Å². The summed E-state index contributed by atoms with van der Waals surface area (Å²) < 4.78 is 46.7. The summed E-state index contributed by atoms with van der Waals surface area (Å²) in [5.74, 6) is 0.513. The van der Waals surface area contributed by atoms with Crippen molar-refractivity contribution in [3.05, 3.63) is 23.8 Å². The lowest BCUT2D eigenvalue weighted by Crippen LogP contribution is -2.61. The number of fused-ring (bicyclic) bond motifs is 5. The van der Waals surface area contributed by atoms with E-state index in [-0.39, 0.29) is 5.60 Å². The summed E-state index contributed by atoms with van der Waals surface area (Å²) in [6.45, 7) is 3.82. The van der Waals surface area contributed by atoms with Crippen LogP contribution in [0.15, 0.2) is 18.2 Å². The van der Waals surface area contributed by atoms with Crippen LogP contribution in [-0.2, 0) is 12.7 Å². The molecule has 2 aromatic rings. The topological polar surface area (TPSA) is 30.3 Å². The van der Waals surface area contributed by atoms with Crippen molar-refractivity contribution in [2.24, 2.45) is 5.92 Å². The van der Waals surface area contributed by atoms with Crippen molar-refractivity contribution in [3.63, 3.8) is 0 Å². The van der Waals surface area contributed by atoms with E-state index in [9.17, 15) is 13.2 Å². The first-order chi connectivity index (χ1) is 10.9. The summed E-state index contributed by atoms with van der Waals surface area (Å²) in [4.78, 5) is 6.74. The molecule has 2 bridgehead atoms. The van der Waals surface area contributed by atoms with Gasteiger partial charge in [0.2, 0.25) is 0 Å². The third-order valence-corrected chi connectivity index (χ3v) is 5.58. The van der Waals surface area contributed by atoms with Crippen LogP contribution in [0.3, 0.4) is 0 Å². The van der Waals surface area contributed by atoms with Gasteiger partial charge in [-0.1, -0.05) is 0 Å². The molecule has 4 nitrogen and oxygen atoms in total. The van der Waals surface area contributed by atoms with Crippen LogP contribution in [0.1, 0.15) is 18.4 Å². The molecule has 6 rings (SSSR count). The average Bonchev–Trinajstić information content (AvgIpc) is 3.01. The quantitative estimate of drug-likeness (QED) is 0.747. The molecule has 7 heteroatoms. The fourth-order valence-electron chi connectivity index (χ4n) is 4.42. The van der Waals surface area contributed by atoms with Crippen molar-refractivity contribution in [1.29, 1.82) is 0 Å². The molecule has 0 aliphatic carbocycles. The number of piperidine rings is 3. The molecule has 0 saturated carbocycles. The van der Waals surface area contributed by atoms with Gasteiger partial charge in [-0.2, -0.15) is 18.2 Å². The second kappa shape index (κ2) is 4.20. The van der Waals surface area contributed by atoms with E-state index >= 15 is 0 Å². The Bertz CT molecular complexity index is 792. The summed E-state index contributed by atoms with van der Waals surface area (Å²) in [5, 5.41) is 0. The first-order valence-corrected chi connectivity index (χ1v) is 7.93. The minimum atomic E-state index is -4.35. The maximum absolute atomic E-state index is 12.8. The summed E-state index contributed by atoms with van der Waals surface area (Å²) in [7, 11) is 0. The Morgan fingerprint density at radius 3 is 2.61 bits per heavy atom. The van der Waals surface area contributed by atoms with Crippen LogP contribution >= 0.6 is 0 Å². The summed E-state index contributed by atoms with van der Waals surface area (Å²) in [6.07, 6.45) is -2.10. The Morgan fingerprint density at radius 2 is 1.96 bits per heavy atom. The summed E-state index contributed by atoms with van der Waals surface area (Å²) in [5.41, 5.74) is 0.169. The Morgan fingerprint density at radius 1 is 1.17 bits per heavy atom. The third kappa shape index (κ3) is 1.86. The average molecular weight is 323 g/mol. The number of hydrogen-bond donors (Lipinski definition) is 0. The molecule has 4 aliphatic rings. The Kier molecular flexibility index (Phi) is 2.49. The molecule has 0 unspecified atom stereocenters. The molecule has 122 valence electrons. The normalized spacial score (nSPS) is 32.5. The fraction of sp³-hybridized carbons (Fsp3) is 0.562. The monoisotopic (exact) mass is 323 g/mol. The zero-order chi connectivity index (χ0) is 15.8. The number of imidazole rings is 1. The lowest BCUT2D eigenvalue weighted by molar-refractivity contribution is -0.137. The molecule has 3 saturated heterocycles. The zero-order valence-electron chi connectivity index (χ0n) is 12.4. The predicted octanol–water partition coefficient (Wildman–Crippen LogP) is 2.91. The van der Waals surface area contributed by atoms with Crippen LogP contribution in [0.4, 0.5) is 13.2 Å². The molecule has 1 atom stereocenters. The number of nitrogens with zero attached hydrogens (tertiary/aromatic N) is 3. The van der Waals surface area contributed by atoms with E-state index < -0.39 is 11.7 Å². The van der Waals surface area contributed by atoms with Gasteiger partial charge in [-0.15, -0.1) is 0 Å². The standard InChI is InChI=1S/C16H16F3N3O/c17-16(18,19)11-1-2-13-12(7-11)20-14-22(13)9-15(23-14)8-21-5-3-10(15)4-6-21/h1-2,7,10H,3-6,8-9H2/t15-/m1/s1. The highest BCUT2D eigenvalue weighted by Gasteiger charge is 2.53. The first kappa shape index (κ1) is 13.7. The van der Waals surface area contributed by atoms with E-state index in [4.69, 9.17) is 4.74 Å². The largest absolute Gasteiger partial charge is 0.454 e. The minimum Gasteiger partial charge on any atom is -0.454 e. The lowest BCUT2D eigenvalue weighted by Gasteiger charge is -2.50. The van der Waals surface area contributed by atoms with Gasteiger partial charge in [0.15, 0.2) is 0 Å². The van der Waals surface area contributed by atoms with Gasteiger partial charge in [0, 0.05) is 12.5 Å². The number of aromatic nitrogens is 2. The Hall–Kier alpha value is -1.76. The molecule has 3 fully saturated rings.